The molecule has 0 bridgehead atoms. The van der Waals surface area contributed by atoms with Crippen molar-refractivity contribution in [2.45, 2.75) is 53.4 Å². The third kappa shape index (κ3) is 9.98. The van der Waals surface area contributed by atoms with E-state index in [-0.39, 0.29) is 13.0 Å². The van der Waals surface area contributed by atoms with Crippen molar-refractivity contribution in [3.05, 3.63) is 52.9 Å². The molecule has 0 radical (unpaired) electrons. The molecule has 4 N–H and O–H groups in total. The van der Waals surface area contributed by atoms with Crippen LogP contribution in [-0.4, -0.2) is 48.0 Å². The zero-order valence-corrected chi connectivity index (χ0v) is 19.8. The van der Waals surface area contributed by atoms with Crippen LogP contribution >= 0.6 is 0 Å². The molecule has 0 saturated heterocycles. The first kappa shape index (κ1) is 29.2. The summed E-state index contributed by atoms with van der Waals surface area (Å²) in [6.07, 6.45) is -3.58. The molecule has 178 valence electrons. The minimum atomic E-state index is -1.94. The van der Waals surface area contributed by atoms with E-state index < -0.39 is 30.1 Å². The molecule has 0 fully saturated rings. The van der Waals surface area contributed by atoms with Crippen molar-refractivity contribution in [3.8, 4) is 0 Å². The highest BCUT2D eigenvalue weighted by Gasteiger charge is 2.33. The largest absolute Gasteiger partial charge is 0.387 e. The molecule has 32 heavy (non-hydrogen) atoms. The molecule has 0 aliphatic rings. The molecule has 0 spiro atoms. The quantitative estimate of drug-likeness (QED) is 0.463. The highest BCUT2D eigenvalue weighted by Crippen LogP contribution is 2.23. The van der Waals surface area contributed by atoms with Gasteiger partial charge in [-0.25, -0.2) is 0 Å². The highest BCUT2D eigenvalue weighted by molar-refractivity contribution is 5.88. The Morgan fingerprint density at radius 3 is 2.12 bits per heavy atom. The molecule has 8 heteroatoms. The minimum absolute atomic E-state index is 0.0642. The van der Waals surface area contributed by atoms with Gasteiger partial charge in [0.1, 0.15) is 6.10 Å². The summed E-state index contributed by atoms with van der Waals surface area (Å²) in [6.45, 7) is 10.2. The van der Waals surface area contributed by atoms with Crippen molar-refractivity contribution in [2.75, 3.05) is 13.6 Å². The number of amides is 2. The Labute approximate surface area is 190 Å². The van der Waals surface area contributed by atoms with Crippen LogP contribution in [0.4, 0.5) is 0 Å². The van der Waals surface area contributed by atoms with Crippen LogP contribution in [0.3, 0.4) is 0 Å². The SMILES string of the molecule is CC.CC(C)C.CNC(=O)CNC(=O)[C@H](Cc1cccc2ccccc12)[C@H](O)C(O)N=O. The number of carbonyl (C=O) groups is 2. The second-order valence-corrected chi connectivity index (χ2v) is 7.58. The van der Waals surface area contributed by atoms with Crippen LogP contribution in [-0.2, 0) is 16.0 Å². The van der Waals surface area contributed by atoms with Gasteiger partial charge in [0.2, 0.25) is 18.0 Å². The number of aliphatic hydroxyl groups is 2. The molecular formula is C24H37N3O5. The van der Waals surface area contributed by atoms with E-state index >= 15 is 0 Å². The number of likely N-dealkylation sites (N-methyl/N-ethyl adjacent to an activating group) is 1. The molecule has 2 amide bonds. The predicted molar refractivity (Wildman–Crippen MR) is 128 cm³/mol. The van der Waals surface area contributed by atoms with Crippen molar-refractivity contribution in [3.63, 3.8) is 0 Å². The molecule has 3 atom stereocenters. The Morgan fingerprint density at radius 2 is 1.56 bits per heavy atom. The van der Waals surface area contributed by atoms with Gasteiger partial charge < -0.3 is 20.8 Å². The number of nitroso groups, excluding NO2 is 1. The number of rotatable bonds is 8. The van der Waals surface area contributed by atoms with E-state index in [1.165, 1.54) is 7.05 Å². The van der Waals surface area contributed by atoms with Crippen LogP contribution < -0.4 is 10.6 Å². The zero-order valence-electron chi connectivity index (χ0n) is 19.8. The van der Waals surface area contributed by atoms with Crippen molar-refractivity contribution in [1.82, 2.24) is 10.6 Å². The normalized spacial score (nSPS) is 12.9. The van der Waals surface area contributed by atoms with Crippen LogP contribution in [0.5, 0.6) is 0 Å². The summed E-state index contributed by atoms with van der Waals surface area (Å²) in [4.78, 5) is 34.4. The van der Waals surface area contributed by atoms with Gasteiger partial charge in [-0.05, 0) is 33.9 Å². The molecule has 2 aromatic rings. The molecule has 0 aliphatic heterocycles. The molecule has 0 heterocycles. The van der Waals surface area contributed by atoms with Crippen LogP contribution in [0.15, 0.2) is 47.6 Å². The Morgan fingerprint density at radius 1 is 1.00 bits per heavy atom. The van der Waals surface area contributed by atoms with Gasteiger partial charge in [-0.2, -0.15) is 0 Å². The lowest BCUT2D eigenvalue weighted by Gasteiger charge is -2.23. The van der Waals surface area contributed by atoms with Gasteiger partial charge in [-0.15, -0.1) is 4.91 Å². The average Bonchev–Trinajstić information content (AvgIpc) is 2.80. The summed E-state index contributed by atoms with van der Waals surface area (Å²) in [6, 6.07) is 13.1. The van der Waals surface area contributed by atoms with Crippen LogP contribution in [0.2, 0.25) is 0 Å². The van der Waals surface area contributed by atoms with Crippen molar-refractivity contribution in [2.24, 2.45) is 17.0 Å². The first-order valence-corrected chi connectivity index (χ1v) is 10.8. The maximum absolute atomic E-state index is 12.5. The fraction of sp³-hybridized carbons (Fsp3) is 0.500. The van der Waals surface area contributed by atoms with Crippen LogP contribution in [0, 0.1) is 16.7 Å². The van der Waals surface area contributed by atoms with Gasteiger partial charge in [-0.3, -0.25) is 9.59 Å². The first-order chi connectivity index (χ1) is 15.2. The molecule has 1 unspecified atom stereocenters. The summed E-state index contributed by atoms with van der Waals surface area (Å²) in [5.74, 6) is -1.39. The smallest absolute Gasteiger partial charge is 0.239 e. The van der Waals surface area contributed by atoms with E-state index in [2.05, 4.69) is 36.6 Å². The van der Waals surface area contributed by atoms with E-state index in [1.54, 1.807) is 6.07 Å². The van der Waals surface area contributed by atoms with E-state index in [0.717, 1.165) is 22.3 Å². The number of nitrogens with zero attached hydrogens (tertiary/aromatic N) is 1. The zero-order chi connectivity index (χ0) is 24.7. The van der Waals surface area contributed by atoms with Gasteiger partial charge in [-0.1, -0.05) is 77.1 Å². The Hall–Kier alpha value is -2.84. The number of benzene rings is 2. The Balaban J connectivity index is 0.00000144. The summed E-state index contributed by atoms with van der Waals surface area (Å²) in [7, 11) is 1.43. The predicted octanol–water partition coefficient (Wildman–Crippen LogP) is 2.99. The van der Waals surface area contributed by atoms with Gasteiger partial charge in [0.25, 0.3) is 0 Å². The maximum Gasteiger partial charge on any atom is 0.239 e. The lowest BCUT2D eigenvalue weighted by molar-refractivity contribution is -0.133. The summed E-state index contributed by atoms with van der Waals surface area (Å²) < 4.78 is 0. The number of carbonyl (C=O) groups excluding carboxylic acids is 2. The monoisotopic (exact) mass is 447 g/mol. The van der Waals surface area contributed by atoms with Gasteiger partial charge >= 0.3 is 0 Å². The third-order valence-electron chi connectivity index (χ3n) is 4.18. The van der Waals surface area contributed by atoms with Gasteiger partial charge in [0.05, 0.1) is 12.5 Å². The second-order valence-electron chi connectivity index (χ2n) is 7.58. The molecule has 0 aliphatic carbocycles. The van der Waals surface area contributed by atoms with Crippen LogP contribution in [0.1, 0.15) is 40.2 Å². The standard InChI is InChI=1S/C18H21N3O5.C4H10.C2H6/c1-19-15(22)10-20-17(24)14(16(23)18(25)21-26)9-12-7-4-6-11-5-2-3-8-13(11)12;1-4(2)3;1-2/h2-8,14,16,18,23,25H,9-10H2,1H3,(H,19,22)(H,20,24);4H,1-3H3;1-2H3/t14-,16+,18?;;/m1../s1. The van der Waals surface area contributed by atoms with Crippen LogP contribution in [0.25, 0.3) is 10.8 Å². The topological polar surface area (TPSA) is 128 Å². The lowest BCUT2D eigenvalue weighted by atomic mass is 9.89. The number of aliphatic hydroxyl groups excluding tert-OH is 2. The van der Waals surface area contributed by atoms with E-state index in [1.807, 2.05) is 50.2 Å². The molecular weight excluding hydrogens is 410 g/mol. The van der Waals surface area contributed by atoms with Crippen molar-refractivity contribution in [1.29, 1.82) is 0 Å². The molecule has 2 aromatic carbocycles. The van der Waals surface area contributed by atoms with E-state index in [4.69, 9.17) is 0 Å². The lowest BCUT2D eigenvalue weighted by Crippen LogP contribution is -2.46. The summed E-state index contributed by atoms with van der Waals surface area (Å²) >= 11 is 0. The second kappa shape index (κ2) is 15.9. The Bertz CT molecular complexity index is 833. The fourth-order valence-electron chi connectivity index (χ4n) is 2.73. The van der Waals surface area contributed by atoms with E-state index in [0.29, 0.717) is 0 Å². The third-order valence-corrected chi connectivity index (χ3v) is 4.18. The maximum atomic E-state index is 12.5. The fourth-order valence-corrected chi connectivity index (χ4v) is 2.73. The number of hydrogen-bond acceptors (Lipinski definition) is 6. The first-order valence-electron chi connectivity index (χ1n) is 10.8. The van der Waals surface area contributed by atoms with Crippen molar-refractivity contribution >= 4 is 22.6 Å². The Kier molecular flexibility index (Phi) is 14.5. The molecule has 0 saturated carbocycles. The van der Waals surface area contributed by atoms with Crippen molar-refractivity contribution < 1.29 is 19.8 Å². The molecule has 2 rings (SSSR count). The molecule has 8 nitrogen and oxygen atoms in total. The number of fused-ring (bicyclic) bond motifs is 1. The van der Waals surface area contributed by atoms with E-state index in [9.17, 15) is 24.7 Å². The summed E-state index contributed by atoms with van der Waals surface area (Å²) in [5.41, 5.74) is 0.764. The minimum Gasteiger partial charge on any atom is -0.387 e. The van der Waals surface area contributed by atoms with Gasteiger partial charge in [0, 0.05) is 7.05 Å². The number of hydrogen-bond donors (Lipinski definition) is 4. The average molecular weight is 448 g/mol. The van der Waals surface area contributed by atoms with Gasteiger partial charge in [0.15, 0.2) is 0 Å². The summed E-state index contributed by atoms with van der Waals surface area (Å²) in [5, 5.41) is 28.8. The molecule has 0 aromatic heterocycles. The number of nitrogens with one attached hydrogen (secondary N) is 2. The highest BCUT2D eigenvalue weighted by atomic mass is 16.4.